The largest absolute Gasteiger partial charge is 0.493 e. The Labute approximate surface area is 189 Å². The van der Waals surface area contributed by atoms with Gasteiger partial charge < -0.3 is 14.4 Å². The monoisotopic (exact) mass is 461 g/mol. The number of hydrogen-bond donors (Lipinski definition) is 0. The molecule has 1 aliphatic rings. The molecule has 1 heterocycles. The van der Waals surface area contributed by atoms with E-state index < -0.39 is 4.92 Å². The minimum absolute atomic E-state index is 0.00398. The number of nitro benzene ring substituents is 1. The van der Waals surface area contributed by atoms with E-state index in [9.17, 15) is 14.9 Å². The molecule has 0 aliphatic carbocycles. The highest BCUT2D eigenvalue weighted by molar-refractivity contribution is 7.80. The summed E-state index contributed by atoms with van der Waals surface area (Å²) in [7, 11) is 3.23. The predicted octanol–water partition coefficient (Wildman–Crippen LogP) is 4.26. The summed E-state index contributed by atoms with van der Waals surface area (Å²) in [6, 6.07) is 9.42. The van der Waals surface area contributed by atoms with Crippen molar-refractivity contribution in [3.05, 3.63) is 68.4 Å². The molecule has 10 heteroatoms. The van der Waals surface area contributed by atoms with Crippen LogP contribution in [0.15, 0.2) is 42.1 Å². The molecule has 1 amide bonds. The second-order valence-electron chi connectivity index (χ2n) is 6.67. The van der Waals surface area contributed by atoms with Crippen molar-refractivity contribution in [2.75, 3.05) is 20.7 Å². The van der Waals surface area contributed by atoms with Gasteiger partial charge in [0.1, 0.15) is 12.3 Å². The first-order valence-corrected chi connectivity index (χ1v) is 10.1. The third-order valence-corrected chi connectivity index (χ3v) is 5.52. The van der Waals surface area contributed by atoms with E-state index in [0.29, 0.717) is 39.4 Å². The van der Waals surface area contributed by atoms with Gasteiger partial charge in [0.25, 0.3) is 11.6 Å². The second-order valence-corrected chi connectivity index (χ2v) is 7.44. The molecule has 162 valence electrons. The summed E-state index contributed by atoms with van der Waals surface area (Å²) in [5.74, 6) is 0.550. The van der Waals surface area contributed by atoms with E-state index in [0.717, 1.165) is 5.56 Å². The lowest BCUT2D eigenvalue weighted by Gasteiger charge is -2.14. The minimum atomic E-state index is -0.462. The molecular weight excluding hydrogens is 442 g/mol. The smallest absolute Gasteiger partial charge is 0.276 e. The zero-order valence-corrected chi connectivity index (χ0v) is 18.7. The molecule has 0 aromatic heterocycles. The third kappa shape index (κ3) is 4.62. The molecule has 8 nitrogen and oxygen atoms in total. The number of carbonyl (C=O) groups is 1. The molecule has 2 aromatic rings. The van der Waals surface area contributed by atoms with E-state index in [1.165, 1.54) is 24.1 Å². The average Bonchev–Trinajstić information content (AvgIpc) is 2.95. The predicted molar refractivity (Wildman–Crippen MR) is 121 cm³/mol. The summed E-state index contributed by atoms with van der Waals surface area (Å²) in [5.41, 5.74) is 1.83. The first-order chi connectivity index (χ1) is 14.8. The Bertz CT molecular complexity index is 1070. The lowest BCUT2D eigenvalue weighted by Crippen LogP contribution is -2.30. The number of likely N-dealkylation sites (N-methyl/N-ethyl adjacent to an activating group) is 2. The van der Waals surface area contributed by atoms with Crippen molar-refractivity contribution in [1.82, 2.24) is 9.80 Å². The number of amides is 1. The van der Waals surface area contributed by atoms with E-state index in [1.54, 1.807) is 42.3 Å². The SMILES string of the molecule is CCN1C(=O)/C(=C/c2cc(Cl)c(OCc3ccc([N+](=O)[O-])cc3)c(OC)c2)N(C)C1=S. The number of halogens is 1. The van der Waals surface area contributed by atoms with E-state index >= 15 is 0 Å². The zero-order valence-electron chi connectivity index (χ0n) is 17.1. The van der Waals surface area contributed by atoms with Crippen molar-refractivity contribution >= 4 is 46.6 Å². The molecule has 0 atom stereocenters. The molecule has 0 saturated carbocycles. The van der Waals surface area contributed by atoms with Gasteiger partial charge in [-0.25, -0.2) is 0 Å². The fraction of sp³-hybridized carbons (Fsp3) is 0.238. The summed E-state index contributed by atoms with van der Waals surface area (Å²) in [4.78, 5) is 26.1. The molecule has 1 aliphatic heterocycles. The molecule has 2 aromatic carbocycles. The molecule has 0 radical (unpaired) electrons. The van der Waals surface area contributed by atoms with Crippen LogP contribution < -0.4 is 9.47 Å². The Morgan fingerprint density at radius 1 is 1.26 bits per heavy atom. The Balaban J connectivity index is 1.84. The molecule has 1 fully saturated rings. The highest BCUT2D eigenvalue weighted by Crippen LogP contribution is 2.38. The highest BCUT2D eigenvalue weighted by atomic mass is 35.5. The van der Waals surface area contributed by atoms with Gasteiger partial charge in [0, 0.05) is 25.7 Å². The topological polar surface area (TPSA) is 85.2 Å². The van der Waals surface area contributed by atoms with Crippen LogP contribution in [0.4, 0.5) is 5.69 Å². The number of nitrogens with zero attached hydrogens (tertiary/aromatic N) is 3. The van der Waals surface area contributed by atoms with Crippen molar-refractivity contribution in [3.8, 4) is 11.5 Å². The lowest BCUT2D eigenvalue weighted by atomic mass is 10.1. The van der Waals surface area contributed by atoms with Crippen LogP contribution in [0, 0.1) is 10.1 Å². The van der Waals surface area contributed by atoms with Crippen molar-refractivity contribution in [3.63, 3.8) is 0 Å². The summed E-state index contributed by atoms with van der Waals surface area (Å²) >= 11 is 11.7. The first-order valence-electron chi connectivity index (χ1n) is 9.31. The first kappa shape index (κ1) is 22.5. The number of carbonyl (C=O) groups excluding carboxylic acids is 1. The number of benzene rings is 2. The molecule has 1 saturated heterocycles. The minimum Gasteiger partial charge on any atom is -0.493 e. The molecule has 0 spiro atoms. The van der Waals surface area contributed by atoms with E-state index in [1.807, 2.05) is 6.92 Å². The zero-order chi connectivity index (χ0) is 22.7. The maximum atomic E-state index is 12.6. The van der Waals surface area contributed by atoms with Gasteiger partial charge in [0.05, 0.1) is 17.1 Å². The van der Waals surface area contributed by atoms with Gasteiger partial charge in [0.15, 0.2) is 16.6 Å². The number of thiocarbonyl (C=S) groups is 1. The molecule has 0 unspecified atom stereocenters. The summed E-state index contributed by atoms with van der Waals surface area (Å²) in [6.07, 6.45) is 1.69. The average molecular weight is 462 g/mol. The number of hydrogen-bond acceptors (Lipinski definition) is 6. The van der Waals surface area contributed by atoms with Crippen molar-refractivity contribution in [1.29, 1.82) is 0 Å². The number of ether oxygens (including phenoxy) is 2. The molecule has 0 bridgehead atoms. The van der Waals surface area contributed by atoms with Gasteiger partial charge in [-0.3, -0.25) is 19.8 Å². The molecule has 0 N–H and O–H groups in total. The van der Waals surface area contributed by atoms with Crippen LogP contribution in [-0.4, -0.2) is 46.4 Å². The van der Waals surface area contributed by atoms with Gasteiger partial charge in [-0.15, -0.1) is 0 Å². The summed E-state index contributed by atoms with van der Waals surface area (Å²) in [6.45, 7) is 2.49. The Morgan fingerprint density at radius 2 is 1.94 bits per heavy atom. The van der Waals surface area contributed by atoms with E-state index in [2.05, 4.69) is 0 Å². The number of non-ortho nitro benzene ring substituents is 1. The van der Waals surface area contributed by atoms with Gasteiger partial charge in [-0.05, 0) is 60.6 Å². The number of nitro groups is 1. The maximum absolute atomic E-state index is 12.6. The lowest BCUT2D eigenvalue weighted by molar-refractivity contribution is -0.384. The fourth-order valence-electron chi connectivity index (χ4n) is 3.08. The van der Waals surface area contributed by atoms with Gasteiger partial charge in [-0.2, -0.15) is 0 Å². The highest BCUT2D eigenvalue weighted by Gasteiger charge is 2.34. The van der Waals surface area contributed by atoms with E-state index in [4.69, 9.17) is 33.3 Å². The summed E-state index contributed by atoms with van der Waals surface area (Å²) in [5, 5.41) is 11.5. The second kappa shape index (κ2) is 9.32. The van der Waals surface area contributed by atoms with Crippen LogP contribution in [0.25, 0.3) is 6.08 Å². The maximum Gasteiger partial charge on any atom is 0.276 e. The quantitative estimate of drug-likeness (QED) is 0.263. The normalized spacial score (nSPS) is 15.0. The Morgan fingerprint density at radius 3 is 2.48 bits per heavy atom. The van der Waals surface area contributed by atoms with Gasteiger partial charge in [0.2, 0.25) is 0 Å². The number of rotatable bonds is 7. The van der Waals surface area contributed by atoms with Crippen LogP contribution >= 0.6 is 23.8 Å². The van der Waals surface area contributed by atoms with Crippen LogP contribution in [0.3, 0.4) is 0 Å². The third-order valence-electron chi connectivity index (χ3n) is 4.75. The van der Waals surface area contributed by atoms with Crippen molar-refractivity contribution < 1.29 is 19.2 Å². The summed E-state index contributed by atoms with van der Waals surface area (Å²) < 4.78 is 11.2. The van der Waals surface area contributed by atoms with Gasteiger partial charge >= 0.3 is 0 Å². The Kier molecular flexibility index (Phi) is 6.77. The van der Waals surface area contributed by atoms with Crippen LogP contribution in [-0.2, 0) is 11.4 Å². The van der Waals surface area contributed by atoms with E-state index in [-0.39, 0.29) is 18.2 Å². The van der Waals surface area contributed by atoms with Crippen molar-refractivity contribution in [2.45, 2.75) is 13.5 Å². The van der Waals surface area contributed by atoms with Crippen molar-refractivity contribution in [2.24, 2.45) is 0 Å². The molecule has 31 heavy (non-hydrogen) atoms. The van der Waals surface area contributed by atoms with Gasteiger partial charge in [-0.1, -0.05) is 11.6 Å². The number of methoxy groups -OCH3 is 1. The van der Waals surface area contributed by atoms with Crippen LogP contribution in [0.1, 0.15) is 18.1 Å². The standard InChI is InChI=1S/C21H20ClN3O5S/c1-4-24-20(26)17(23(2)21(24)31)10-14-9-16(22)19(18(11-14)29-3)30-12-13-5-7-15(8-6-13)25(27)28/h5-11H,4,12H2,1-3H3/b17-10-. The Hall–Kier alpha value is -3.17. The fourth-order valence-corrected chi connectivity index (χ4v) is 3.66. The molecular formula is C21H20ClN3O5S. The van der Waals surface area contributed by atoms with Crippen LogP contribution in [0.5, 0.6) is 11.5 Å². The molecule has 3 rings (SSSR count). The van der Waals surface area contributed by atoms with Crippen LogP contribution in [0.2, 0.25) is 5.02 Å².